The zero-order valence-electron chi connectivity index (χ0n) is 39.0. The van der Waals surface area contributed by atoms with E-state index in [1.165, 1.54) is 122 Å². The zero-order chi connectivity index (χ0) is 43.0. The number of unbranched alkanes of at least 4 members (excludes halogenated alkanes) is 26. The molecule has 0 saturated carbocycles. The predicted octanol–water partition coefficient (Wildman–Crippen LogP) is 16.3. The maximum absolute atomic E-state index is 12.7. The second kappa shape index (κ2) is 48.0. The van der Waals surface area contributed by atoms with Gasteiger partial charge in [-0.3, -0.25) is 14.4 Å². The molecule has 0 bridgehead atoms. The molecule has 342 valence electrons. The summed E-state index contributed by atoms with van der Waals surface area (Å²) in [6, 6.07) is 0. The van der Waals surface area contributed by atoms with E-state index in [4.69, 9.17) is 14.2 Å². The largest absolute Gasteiger partial charge is 0.462 e. The van der Waals surface area contributed by atoms with Crippen molar-refractivity contribution in [1.82, 2.24) is 0 Å². The van der Waals surface area contributed by atoms with Crippen LogP contribution < -0.4 is 0 Å². The van der Waals surface area contributed by atoms with Crippen molar-refractivity contribution in [3.8, 4) is 0 Å². The van der Waals surface area contributed by atoms with Crippen LogP contribution in [0.1, 0.15) is 252 Å². The van der Waals surface area contributed by atoms with Gasteiger partial charge in [0.1, 0.15) is 13.2 Å². The maximum Gasteiger partial charge on any atom is 0.306 e. The summed E-state index contributed by atoms with van der Waals surface area (Å²) < 4.78 is 16.7. The second-order valence-electron chi connectivity index (χ2n) is 16.7. The lowest BCUT2D eigenvalue weighted by atomic mass is 10.1. The van der Waals surface area contributed by atoms with Crippen LogP contribution in [0.15, 0.2) is 48.6 Å². The summed E-state index contributed by atoms with van der Waals surface area (Å²) in [6.45, 7) is 6.55. The lowest BCUT2D eigenvalue weighted by Gasteiger charge is -2.18. The van der Waals surface area contributed by atoms with Crippen molar-refractivity contribution >= 4 is 17.9 Å². The van der Waals surface area contributed by atoms with Crippen molar-refractivity contribution in [2.45, 2.75) is 258 Å². The molecule has 0 aliphatic heterocycles. The average molecular weight is 827 g/mol. The number of hydrogen-bond acceptors (Lipinski definition) is 6. The zero-order valence-corrected chi connectivity index (χ0v) is 39.0. The van der Waals surface area contributed by atoms with Gasteiger partial charge in [-0.1, -0.05) is 204 Å². The van der Waals surface area contributed by atoms with E-state index in [1.54, 1.807) is 0 Å². The Labute approximate surface area is 365 Å². The summed E-state index contributed by atoms with van der Waals surface area (Å²) in [5.74, 6) is -0.902. The Bertz CT molecular complexity index is 1040. The Morgan fingerprint density at radius 2 is 0.627 bits per heavy atom. The predicted molar refractivity (Wildman–Crippen MR) is 252 cm³/mol. The third kappa shape index (κ3) is 46.3. The maximum atomic E-state index is 12.7. The van der Waals surface area contributed by atoms with E-state index in [0.717, 1.165) is 89.9 Å². The van der Waals surface area contributed by atoms with E-state index in [1.807, 2.05) is 0 Å². The molecule has 0 aliphatic rings. The molecule has 0 aromatic carbocycles. The van der Waals surface area contributed by atoms with Gasteiger partial charge in [0.05, 0.1) is 0 Å². The van der Waals surface area contributed by atoms with Crippen molar-refractivity contribution in [1.29, 1.82) is 0 Å². The first-order valence-electron chi connectivity index (χ1n) is 25.1. The molecule has 0 aromatic heterocycles. The Morgan fingerprint density at radius 1 is 0.339 bits per heavy atom. The van der Waals surface area contributed by atoms with E-state index in [-0.39, 0.29) is 31.1 Å². The van der Waals surface area contributed by atoms with Crippen molar-refractivity contribution in [3.05, 3.63) is 48.6 Å². The Kier molecular flexibility index (Phi) is 45.9. The highest BCUT2D eigenvalue weighted by Crippen LogP contribution is 2.14. The molecule has 0 aliphatic carbocycles. The summed E-state index contributed by atoms with van der Waals surface area (Å²) in [7, 11) is 0. The van der Waals surface area contributed by atoms with Crippen LogP contribution in [-0.2, 0) is 28.6 Å². The first-order valence-corrected chi connectivity index (χ1v) is 25.1. The van der Waals surface area contributed by atoms with E-state index in [9.17, 15) is 14.4 Å². The average Bonchev–Trinajstić information content (AvgIpc) is 3.23. The quantitative estimate of drug-likeness (QED) is 0.0263. The molecule has 0 saturated heterocycles. The van der Waals surface area contributed by atoms with Crippen LogP contribution in [0.5, 0.6) is 0 Å². The van der Waals surface area contributed by atoms with Crippen molar-refractivity contribution in [2.75, 3.05) is 13.2 Å². The van der Waals surface area contributed by atoms with Gasteiger partial charge in [0, 0.05) is 19.3 Å². The third-order valence-corrected chi connectivity index (χ3v) is 10.8. The molecule has 0 radical (unpaired) electrons. The normalized spacial score (nSPS) is 12.4. The van der Waals surface area contributed by atoms with E-state index in [2.05, 4.69) is 69.4 Å². The summed E-state index contributed by atoms with van der Waals surface area (Å²) in [5.41, 5.74) is 0. The molecule has 1 unspecified atom stereocenters. The summed E-state index contributed by atoms with van der Waals surface area (Å²) in [5, 5.41) is 0. The van der Waals surface area contributed by atoms with Crippen LogP contribution in [0.25, 0.3) is 0 Å². The van der Waals surface area contributed by atoms with Crippen LogP contribution >= 0.6 is 0 Å². The fourth-order valence-corrected chi connectivity index (χ4v) is 6.96. The fourth-order valence-electron chi connectivity index (χ4n) is 6.96. The van der Waals surface area contributed by atoms with Gasteiger partial charge in [-0.15, -0.1) is 0 Å². The second-order valence-corrected chi connectivity index (χ2v) is 16.7. The van der Waals surface area contributed by atoms with Gasteiger partial charge in [0.15, 0.2) is 6.10 Å². The molecule has 0 amide bonds. The highest BCUT2D eigenvalue weighted by atomic mass is 16.6. The highest BCUT2D eigenvalue weighted by Gasteiger charge is 2.19. The van der Waals surface area contributed by atoms with Gasteiger partial charge < -0.3 is 14.2 Å². The number of ether oxygens (including phenoxy) is 3. The molecule has 0 aromatic rings. The Morgan fingerprint density at radius 3 is 1.02 bits per heavy atom. The highest BCUT2D eigenvalue weighted by molar-refractivity contribution is 5.71. The Balaban J connectivity index is 4.28. The van der Waals surface area contributed by atoms with Crippen LogP contribution in [0.3, 0.4) is 0 Å². The van der Waals surface area contributed by atoms with Crippen molar-refractivity contribution in [3.63, 3.8) is 0 Å². The molecular weight excluding hydrogens is 733 g/mol. The number of rotatable bonds is 45. The first kappa shape index (κ1) is 56.4. The number of carbonyl (C=O) groups is 3. The standard InChI is InChI=1S/C53H94O6/c1-4-7-10-13-16-19-21-22-23-24-25-26-27-28-29-30-32-34-37-40-43-46-52(55)58-49-50(48-57-51(54)45-42-39-36-33-18-15-12-9-6-3)59-53(56)47-44-41-38-35-31-20-17-14-11-8-5-2/h14,17,21-22,24-25,27-28,50H,4-13,15-16,18-20,23,26,29-49H2,1-3H3/b17-14-,22-21-,25-24-,28-27-. The van der Waals surface area contributed by atoms with Gasteiger partial charge >= 0.3 is 17.9 Å². The number of carbonyl (C=O) groups excluding carboxylic acids is 3. The summed E-state index contributed by atoms with van der Waals surface area (Å²) in [6.07, 6.45) is 56.7. The third-order valence-electron chi connectivity index (χ3n) is 10.8. The monoisotopic (exact) mass is 827 g/mol. The lowest BCUT2D eigenvalue weighted by Crippen LogP contribution is -2.30. The van der Waals surface area contributed by atoms with Gasteiger partial charge in [-0.2, -0.15) is 0 Å². The van der Waals surface area contributed by atoms with E-state index in [0.29, 0.717) is 19.3 Å². The minimum Gasteiger partial charge on any atom is -0.462 e. The number of allylic oxidation sites excluding steroid dienone is 8. The molecular formula is C53H94O6. The van der Waals surface area contributed by atoms with Gasteiger partial charge in [-0.25, -0.2) is 0 Å². The SMILES string of the molecule is CCCC/C=C\CCCCCCCC(=O)OC(COC(=O)CCCCCCCC/C=C\C/C=C\C/C=C\CCCCCCC)COC(=O)CCCCCCCCCCC. The number of esters is 3. The van der Waals surface area contributed by atoms with E-state index >= 15 is 0 Å². The van der Waals surface area contributed by atoms with Crippen LogP contribution in [-0.4, -0.2) is 37.2 Å². The molecule has 0 rings (SSSR count). The van der Waals surface area contributed by atoms with Gasteiger partial charge in [0.25, 0.3) is 0 Å². The Hall–Kier alpha value is -2.63. The van der Waals surface area contributed by atoms with Gasteiger partial charge in [-0.05, 0) is 77.0 Å². The molecule has 59 heavy (non-hydrogen) atoms. The van der Waals surface area contributed by atoms with E-state index < -0.39 is 6.10 Å². The summed E-state index contributed by atoms with van der Waals surface area (Å²) in [4.78, 5) is 37.8. The van der Waals surface area contributed by atoms with Crippen LogP contribution in [0.2, 0.25) is 0 Å². The molecule has 1 atom stereocenters. The molecule has 0 N–H and O–H groups in total. The fraction of sp³-hybridized carbons (Fsp3) is 0.792. The molecule has 0 fully saturated rings. The lowest BCUT2D eigenvalue weighted by molar-refractivity contribution is -0.167. The first-order chi connectivity index (χ1) is 29.0. The molecule has 0 heterocycles. The van der Waals surface area contributed by atoms with Crippen LogP contribution in [0.4, 0.5) is 0 Å². The minimum atomic E-state index is -0.778. The van der Waals surface area contributed by atoms with Crippen molar-refractivity contribution < 1.29 is 28.6 Å². The number of hydrogen-bond donors (Lipinski definition) is 0. The molecule has 0 spiro atoms. The van der Waals surface area contributed by atoms with Crippen LogP contribution in [0, 0.1) is 0 Å². The van der Waals surface area contributed by atoms with Crippen molar-refractivity contribution in [2.24, 2.45) is 0 Å². The van der Waals surface area contributed by atoms with Gasteiger partial charge in [0.2, 0.25) is 0 Å². The minimum absolute atomic E-state index is 0.0795. The topological polar surface area (TPSA) is 78.9 Å². The summed E-state index contributed by atoms with van der Waals surface area (Å²) >= 11 is 0. The molecule has 6 heteroatoms. The molecule has 6 nitrogen and oxygen atoms in total. The smallest absolute Gasteiger partial charge is 0.306 e.